The van der Waals surface area contributed by atoms with Gasteiger partial charge in [0.25, 0.3) is 0 Å². The van der Waals surface area contributed by atoms with E-state index in [1.807, 2.05) is 12.1 Å². The first kappa shape index (κ1) is 19.1. The number of rotatable bonds is 4. The molecule has 0 aliphatic heterocycles. The number of benzene rings is 1. The third-order valence-corrected chi connectivity index (χ3v) is 5.45. The number of methoxy groups -OCH3 is 1. The van der Waals surface area contributed by atoms with Crippen LogP contribution in [-0.2, 0) is 0 Å². The Bertz CT molecular complexity index is 1640. The summed E-state index contributed by atoms with van der Waals surface area (Å²) in [5, 5.41) is 8.29. The summed E-state index contributed by atoms with van der Waals surface area (Å²) < 4.78 is 19.7. The van der Waals surface area contributed by atoms with Crippen LogP contribution in [0.3, 0.4) is 0 Å². The van der Waals surface area contributed by atoms with E-state index in [-0.39, 0.29) is 5.82 Å². The normalized spacial score (nSPS) is 11.3. The fourth-order valence-electron chi connectivity index (χ4n) is 3.82. The molecule has 33 heavy (non-hydrogen) atoms. The van der Waals surface area contributed by atoms with Gasteiger partial charge in [-0.15, -0.1) is 0 Å². The third kappa shape index (κ3) is 3.18. The zero-order valence-corrected chi connectivity index (χ0v) is 17.4. The summed E-state index contributed by atoms with van der Waals surface area (Å²) in [6, 6.07) is 12.1. The number of H-pyrrole nitrogens is 2. The summed E-state index contributed by atoms with van der Waals surface area (Å²) in [5.41, 5.74) is 5.10. The number of halogens is 1. The molecule has 8 nitrogen and oxygen atoms in total. The second kappa shape index (κ2) is 7.49. The predicted molar refractivity (Wildman–Crippen MR) is 122 cm³/mol. The minimum absolute atomic E-state index is 0.352. The Kier molecular flexibility index (Phi) is 4.32. The maximum absolute atomic E-state index is 14.4. The van der Waals surface area contributed by atoms with Gasteiger partial charge in [-0.1, -0.05) is 12.1 Å². The smallest absolute Gasteiger partial charge is 0.159 e. The highest BCUT2D eigenvalue weighted by atomic mass is 19.1. The van der Waals surface area contributed by atoms with Crippen LogP contribution in [-0.4, -0.2) is 42.2 Å². The molecule has 0 amide bonds. The molecular formula is C24H16FN7O. The number of aromatic nitrogens is 7. The van der Waals surface area contributed by atoms with Gasteiger partial charge in [-0.25, -0.2) is 9.37 Å². The highest BCUT2D eigenvalue weighted by Crippen LogP contribution is 2.32. The Balaban J connectivity index is 1.50. The van der Waals surface area contributed by atoms with Crippen molar-refractivity contribution in [2.45, 2.75) is 0 Å². The van der Waals surface area contributed by atoms with Crippen LogP contribution < -0.4 is 4.74 Å². The average molecular weight is 437 g/mol. The minimum atomic E-state index is -0.352. The molecule has 0 aliphatic carbocycles. The number of hydrogen-bond donors (Lipinski definition) is 2. The first-order valence-electron chi connectivity index (χ1n) is 10.1. The molecule has 0 atom stereocenters. The van der Waals surface area contributed by atoms with Gasteiger partial charge in [-0.05, 0) is 30.3 Å². The van der Waals surface area contributed by atoms with Crippen molar-refractivity contribution in [3.63, 3.8) is 0 Å². The van der Waals surface area contributed by atoms with Crippen LogP contribution >= 0.6 is 0 Å². The minimum Gasteiger partial charge on any atom is -0.495 e. The van der Waals surface area contributed by atoms with E-state index < -0.39 is 0 Å². The Hall–Kier alpha value is -4.66. The van der Waals surface area contributed by atoms with E-state index in [1.165, 1.54) is 6.07 Å². The molecule has 5 heterocycles. The number of nitrogens with one attached hydrogen (secondary N) is 2. The lowest BCUT2D eigenvalue weighted by molar-refractivity contribution is 0.413. The van der Waals surface area contributed by atoms with Gasteiger partial charge >= 0.3 is 0 Å². The Labute approximate surface area is 186 Å². The molecule has 0 saturated carbocycles. The van der Waals surface area contributed by atoms with Crippen molar-refractivity contribution in [3.8, 4) is 39.8 Å². The van der Waals surface area contributed by atoms with Crippen molar-refractivity contribution >= 4 is 21.9 Å². The molecule has 160 valence electrons. The summed E-state index contributed by atoms with van der Waals surface area (Å²) in [6.07, 6.45) is 6.72. The topological polar surface area (TPSA) is 105 Å². The van der Waals surface area contributed by atoms with Gasteiger partial charge in [-0.3, -0.25) is 20.1 Å². The Morgan fingerprint density at radius 3 is 2.73 bits per heavy atom. The number of fused-ring (bicyclic) bond motifs is 2. The number of ether oxygens (including phenoxy) is 1. The monoisotopic (exact) mass is 437 g/mol. The summed E-state index contributed by atoms with van der Waals surface area (Å²) >= 11 is 0. The highest BCUT2D eigenvalue weighted by molar-refractivity contribution is 5.96. The van der Waals surface area contributed by atoms with Crippen molar-refractivity contribution in [3.05, 3.63) is 73.1 Å². The second-order valence-electron chi connectivity index (χ2n) is 7.42. The molecule has 0 fully saturated rings. The SMILES string of the molecule is COc1cncc(-c2cc3c(-c4nc5c(-c6ccccc6F)nccc5[nH]4)n[nH]c3cn2)c1. The van der Waals surface area contributed by atoms with Gasteiger partial charge in [0.15, 0.2) is 5.82 Å². The van der Waals surface area contributed by atoms with Crippen LogP contribution in [0.15, 0.2) is 67.3 Å². The largest absolute Gasteiger partial charge is 0.495 e. The number of imidazole rings is 1. The van der Waals surface area contributed by atoms with Gasteiger partial charge in [0, 0.05) is 28.9 Å². The van der Waals surface area contributed by atoms with E-state index in [9.17, 15) is 4.39 Å². The van der Waals surface area contributed by atoms with Crippen molar-refractivity contribution < 1.29 is 9.13 Å². The first-order valence-corrected chi connectivity index (χ1v) is 10.1. The lowest BCUT2D eigenvalue weighted by Gasteiger charge is -2.03. The quantitative estimate of drug-likeness (QED) is 0.411. The average Bonchev–Trinajstić information content (AvgIpc) is 3.48. The molecule has 0 bridgehead atoms. The third-order valence-electron chi connectivity index (χ3n) is 5.45. The fraction of sp³-hybridized carbons (Fsp3) is 0.0417. The molecule has 0 unspecified atom stereocenters. The summed E-state index contributed by atoms with van der Waals surface area (Å²) in [4.78, 5) is 21.1. The van der Waals surface area contributed by atoms with Crippen LogP contribution in [0.1, 0.15) is 0 Å². The predicted octanol–water partition coefficient (Wildman–Crippen LogP) is 4.77. The Morgan fingerprint density at radius 2 is 1.85 bits per heavy atom. The first-order chi connectivity index (χ1) is 16.2. The lowest BCUT2D eigenvalue weighted by Crippen LogP contribution is -1.89. The van der Waals surface area contributed by atoms with E-state index in [1.54, 1.807) is 56.2 Å². The molecule has 1 aromatic carbocycles. The van der Waals surface area contributed by atoms with E-state index in [2.05, 4.69) is 30.1 Å². The maximum Gasteiger partial charge on any atom is 0.159 e. The summed E-state index contributed by atoms with van der Waals surface area (Å²) in [5.74, 6) is 0.838. The summed E-state index contributed by atoms with van der Waals surface area (Å²) in [6.45, 7) is 0. The van der Waals surface area contributed by atoms with Crippen LogP contribution in [0.4, 0.5) is 4.39 Å². The molecule has 6 rings (SSSR count). The van der Waals surface area contributed by atoms with Crippen molar-refractivity contribution in [2.75, 3.05) is 7.11 Å². The fourth-order valence-corrected chi connectivity index (χ4v) is 3.82. The molecule has 0 aliphatic rings. The standard InChI is InChI=1S/C24H16FN7O/c1-33-14-8-13(10-26-11-14)19-9-16-20(12-28-19)31-32-22(16)24-29-18-6-7-27-21(23(18)30-24)15-4-2-3-5-17(15)25/h2-12H,1H3,(H,29,30)(H,31,32). The second-order valence-corrected chi connectivity index (χ2v) is 7.42. The van der Waals surface area contributed by atoms with E-state index in [4.69, 9.17) is 9.72 Å². The Morgan fingerprint density at radius 1 is 0.939 bits per heavy atom. The zero-order valence-electron chi connectivity index (χ0n) is 17.4. The molecule has 2 N–H and O–H groups in total. The highest BCUT2D eigenvalue weighted by Gasteiger charge is 2.18. The van der Waals surface area contributed by atoms with Gasteiger partial charge < -0.3 is 9.72 Å². The van der Waals surface area contributed by atoms with E-state index >= 15 is 0 Å². The molecule has 9 heteroatoms. The van der Waals surface area contributed by atoms with Gasteiger partial charge in [-0.2, -0.15) is 5.10 Å². The number of aromatic amines is 2. The maximum atomic E-state index is 14.4. The van der Waals surface area contributed by atoms with Gasteiger partial charge in [0.1, 0.15) is 28.5 Å². The van der Waals surface area contributed by atoms with Crippen LogP contribution in [0.2, 0.25) is 0 Å². The van der Waals surface area contributed by atoms with Crippen molar-refractivity contribution in [1.82, 2.24) is 35.1 Å². The zero-order chi connectivity index (χ0) is 22.4. The van der Waals surface area contributed by atoms with E-state index in [0.29, 0.717) is 34.0 Å². The van der Waals surface area contributed by atoms with Gasteiger partial charge in [0.2, 0.25) is 0 Å². The molecule has 0 spiro atoms. The molecule has 0 radical (unpaired) electrons. The number of hydrogen-bond acceptors (Lipinski definition) is 6. The molecule has 0 saturated heterocycles. The lowest BCUT2D eigenvalue weighted by atomic mass is 10.1. The van der Waals surface area contributed by atoms with Gasteiger partial charge in [0.05, 0.1) is 36.2 Å². The van der Waals surface area contributed by atoms with E-state index in [0.717, 1.165) is 27.7 Å². The number of pyridine rings is 3. The summed E-state index contributed by atoms with van der Waals surface area (Å²) in [7, 11) is 1.59. The molecule has 6 aromatic rings. The van der Waals surface area contributed by atoms with Crippen LogP contribution in [0.25, 0.3) is 56.0 Å². The van der Waals surface area contributed by atoms with Crippen molar-refractivity contribution in [1.29, 1.82) is 0 Å². The van der Waals surface area contributed by atoms with Crippen LogP contribution in [0.5, 0.6) is 5.75 Å². The van der Waals surface area contributed by atoms with Crippen molar-refractivity contribution in [2.24, 2.45) is 0 Å². The van der Waals surface area contributed by atoms with Crippen LogP contribution in [0, 0.1) is 5.82 Å². The number of nitrogens with zero attached hydrogens (tertiary/aromatic N) is 5. The molecular weight excluding hydrogens is 421 g/mol. The molecule has 5 aromatic heterocycles.